The maximum atomic E-state index is 12.7. The summed E-state index contributed by atoms with van der Waals surface area (Å²) in [5, 5.41) is 0.307. The Morgan fingerprint density at radius 2 is 1.90 bits per heavy atom. The Morgan fingerprint density at radius 1 is 1.13 bits per heavy atom. The highest BCUT2D eigenvalue weighted by molar-refractivity contribution is 8.16. The van der Waals surface area contributed by atoms with E-state index in [1.807, 2.05) is 35.2 Å². The lowest BCUT2D eigenvalue weighted by Gasteiger charge is -2.26. The van der Waals surface area contributed by atoms with Gasteiger partial charge in [0.15, 0.2) is 15.0 Å². The van der Waals surface area contributed by atoms with Crippen LogP contribution in [0.1, 0.15) is 5.56 Å². The minimum Gasteiger partial charge on any atom is -0.497 e. The number of carbonyl (C=O) groups is 1. The van der Waals surface area contributed by atoms with Crippen LogP contribution in [0.5, 0.6) is 11.5 Å². The molecule has 9 heteroatoms. The smallest absolute Gasteiger partial charge is 0.252 e. The molecule has 2 saturated heterocycles. The number of rotatable bonds is 5. The fraction of sp³-hybridized carbons (Fsp3) is 0.333. The first kappa shape index (κ1) is 20.7. The predicted molar refractivity (Wildman–Crippen MR) is 118 cm³/mol. The zero-order valence-electron chi connectivity index (χ0n) is 16.6. The molecule has 2 heterocycles. The first-order valence-electron chi connectivity index (χ1n) is 9.44. The molecule has 2 atom stereocenters. The van der Waals surface area contributed by atoms with Crippen LogP contribution in [0.3, 0.4) is 0 Å². The van der Waals surface area contributed by atoms with E-state index < -0.39 is 9.84 Å². The number of aliphatic imine (C=N–C) groups is 1. The SMILES string of the molecule is COc1ccc(OC)c(N2C(=NC(=O)Cc3ccccc3)S[C@H]3CS(=O)(=O)C[C@H]32)c1. The van der Waals surface area contributed by atoms with Crippen molar-refractivity contribution in [2.75, 3.05) is 30.6 Å². The van der Waals surface area contributed by atoms with Crippen molar-refractivity contribution in [2.24, 2.45) is 4.99 Å². The van der Waals surface area contributed by atoms with Gasteiger partial charge in [-0.15, -0.1) is 0 Å². The van der Waals surface area contributed by atoms with Gasteiger partial charge in [0.1, 0.15) is 11.5 Å². The summed E-state index contributed by atoms with van der Waals surface area (Å²) >= 11 is 1.34. The summed E-state index contributed by atoms with van der Waals surface area (Å²) in [7, 11) is -0.0452. The molecule has 1 amide bonds. The second-order valence-corrected chi connectivity index (χ2v) is 10.5. The van der Waals surface area contributed by atoms with Gasteiger partial charge in [-0.1, -0.05) is 42.1 Å². The number of anilines is 1. The second-order valence-electron chi connectivity index (χ2n) is 7.16. The summed E-state index contributed by atoms with van der Waals surface area (Å²) in [6.07, 6.45) is 0.182. The number of carbonyl (C=O) groups excluding carboxylic acids is 1. The third kappa shape index (κ3) is 4.17. The zero-order chi connectivity index (χ0) is 21.3. The summed E-state index contributed by atoms with van der Waals surface area (Å²) in [5.41, 5.74) is 1.52. The molecular weight excluding hydrogens is 424 g/mol. The van der Waals surface area contributed by atoms with Crippen molar-refractivity contribution >= 4 is 38.4 Å². The average Bonchev–Trinajstić information content (AvgIpc) is 3.18. The number of methoxy groups -OCH3 is 2. The van der Waals surface area contributed by atoms with Gasteiger partial charge in [0.25, 0.3) is 5.91 Å². The fourth-order valence-electron chi connectivity index (χ4n) is 3.75. The average molecular weight is 447 g/mol. The lowest BCUT2D eigenvalue weighted by atomic mass is 10.1. The zero-order valence-corrected chi connectivity index (χ0v) is 18.3. The van der Waals surface area contributed by atoms with E-state index in [1.165, 1.54) is 11.8 Å². The van der Waals surface area contributed by atoms with Crippen molar-refractivity contribution in [1.82, 2.24) is 0 Å². The lowest BCUT2D eigenvalue weighted by molar-refractivity contribution is -0.117. The van der Waals surface area contributed by atoms with Gasteiger partial charge in [-0.2, -0.15) is 4.99 Å². The Kier molecular flexibility index (Phi) is 5.75. The number of amides is 1. The summed E-state index contributed by atoms with van der Waals surface area (Å²) in [4.78, 5) is 18.9. The molecular formula is C21H22N2O5S2. The molecule has 0 bridgehead atoms. The third-order valence-corrected chi connectivity index (χ3v) is 8.34. The largest absolute Gasteiger partial charge is 0.497 e. The molecule has 0 spiro atoms. The molecule has 2 aromatic carbocycles. The van der Waals surface area contributed by atoms with E-state index in [1.54, 1.807) is 32.4 Å². The molecule has 2 aliphatic rings. The van der Waals surface area contributed by atoms with Crippen LogP contribution in [-0.4, -0.2) is 56.5 Å². The Morgan fingerprint density at radius 3 is 2.60 bits per heavy atom. The highest BCUT2D eigenvalue weighted by Gasteiger charge is 2.50. The topological polar surface area (TPSA) is 85.3 Å². The minimum absolute atomic E-state index is 0.0108. The van der Waals surface area contributed by atoms with Gasteiger partial charge in [0.05, 0.1) is 43.9 Å². The van der Waals surface area contributed by atoms with Crippen molar-refractivity contribution in [3.63, 3.8) is 0 Å². The number of fused-ring (bicyclic) bond motifs is 1. The number of hydrogen-bond donors (Lipinski definition) is 0. The van der Waals surface area contributed by atoms with Crippen molar-refractivity contribution in [2.45, 2.75) is 17.7 Å². The van der Waals surface area contributed by atoms with Gasteiger partial charge >= 0.3 is 0 Å². The molecule has 30 heavy (non-hydrogen) atoms. The standard InChI is InChI=1S/C21H22N2O5S2/c1-27-15-8-9-18(28-2)16(11-15)23-17-12-30(25,26)13-19(17)29-21(23)22-20(24)10-14-6-4-3-5-7-14/h3-9,11,17,19H,10,12-13H2,1-2H3/t17-,19+/m1/s1. The number of amidine groups is 1. The Bertz CT molecular complexity index is 1090. The monoisotopic (exact) mass is 446 g/mol. The number of ether oxygens (including phenoxy) is 2. The van der Waals surface area contributed by atoms with Crippen LogP contribution in [0, 0.1) is 0 Å². The number of thioether (sulfide) groups is 1. The highest BCUT2D eigenvalue weighted by atomic mass is 32.2. The molecule has 158 valence electrons. The molecule has 4 rings (SSSR count). The molecule has 0 aromatic heterocycles. The number of hydrogen-bond acceptors (Lipinski definition) is 6. The Labute approximate surface area is 180 Å². The molecule has 2 aromatic rings. The molecule has 0 aliphatic carbocycles. The quantitative estimate of drug-likeness (QED) is 0.698. The van der Waals surface area contributed by atoms with Crippen molar-refractivity contribution in [3.05, 3.63) is 54.1 Å². The number of benzene rings is 2. The number of sulfone groups is 1. The molecule has 7 nitrogen and oxygen atoms in total. The van der Waals surface area contributed by atoms with Gasteiger partial charge in [-0.05, 0) is 17.7 Å². The second kappa shape index (κ2) is 8.31. The van der Waals surface area contributed by atoms with E-state index in [9.17, 15) is 13.2 Å². The lowest BCUT2D eigenvalue weighted by Crippen LogP contribution is -2.38. The van der Waals surface area contributed by atoms with Crippen LogP contribution in [-0.2, 0) is 21.1 Å². The van der Waals surface area contributed by atoms with Gasteiger partial charge in [-0.25, -0.2) is 8.42 Å². The predicted octanol–water partition coefficient (Wildman–Crippen LogP) is 2.55. The summed E-state index contributed by atoms with van der Waals surface area (Å²) in [5.74, 6) is 0.964. The van der Waals surface area contributed by atoms with Gasteiger partial charge in [0, 0.05) is 11.3 Å². The number of nitrogens with zero attached hydrogens (tertiary/aromatic N) is 2. The van der Waals surface area contributed by atoms with Crippen molar-refractivity contribution in [1.29, 1.82) is 0 Å². The van der Waals surface area contributed by atoms with Crippen LogP contribution in [0.2, 0.25) is 0 Å². The molecule has 0 saturated carbocycles. The van der Waals surface area contributed by atoms with Gasteiger partial charge in [0.2, 0.25) is 0 Å². The van der Waals surface area contributed by atoms with E-state index >= 15 is 0 Å². The van der Waals surface area contributed by atoms with E-state index in [2.05, 4.69) is 4.99 Å². The van der Waals surface area contributed by atoms with Crippen LogP contribution < -0.4 is 14.4 Å². The Hall–Kier alpha value is -2.52. The fourth-order valence-corrected chi connectivity index (χ4v) is 7.67. The summed E-state index contributed by atoms with van der Waals surface area (Å²) in [6, 6.07) is 14.4. The van der Waals surface area contributed by atoms with Gasteiger partial charge in [-0.3, -0.25) is 4.79 Å². The molecule has 0 unspecified atom stereocenters. The van der Waals surface area contributed by atoms with E-state index in [0.717, 1.165) is 5.56 Å². The normalized spacial score (nSPS) is 23.4. The molecule has 2 aliphatic heterocycles. The molecule has 0 N–H and O–H groups in total. The molecule has 2 fully saturated rings. The van der Waals surface area contributed by atoms with Crippen LogP contribution in [0.15, 0.2) is 53.5 Å². The van der Waals surface area contributed by atoms with Gasteiger partial charge < -0.3 is 14.4 Å². The van der Waals surface area contributed by atoms with Crippen LogP contribution in [0.4, 0.5) is 5.69 Å². The van der Waals surface area contributed by atoms with E-state index in [0.29, 0.717) is 22.4 Å². The van der Waals surface area contributed by atoms with Crippen molar-refractivity contribution < 1.29 is 22.7 Å². The maximum Gasteiger partial charge on any atom is 0.252 e. The first-order valence-corrected chi connectivity index (χ1v) is 12.1. The maximum absolute atomic E-state index is 12.7. The first-order chi connectivity index (χ1) is 14.4. The van der Waals surface area contributed by atoms with Crippen LogP contribution in [0.25, 0.3) is 0 Å². The van der Waals surface area contributed by atoms with E-state index in [4.69, 9.17) is 9.47 Å². The molecule has 0 radical (unpaired) electrons. The Balaban J connectivity index is 1.72. The van der Waals surface area contributed by atoms with Crippen molar-refractivity contribution in [3.8, 4) is 11.5 Å². The third-order valence-electron chi connectivity index (χ3n) is 5.13. The minimum atomic E-state index is -3.16. The highest BCUT2D eigenvalue weighted by Crippen LogP contribution is 2.45. The van der Waals surface area contributed by atoms with E-state index in [-0.39, 0.29) is 35.1 Å². The van der Waals surface area contributed by atoms with Crippen LogP contribution >= 0.6 is 11.8 Å². The summed E-state index contributed by atoms with van der Waals surface area (Å²) < 4.78 is 35.4. The summed E-state index contributed by atoms with van der Waals surface area (Å²) in [6.45, 7) is 0.